The van der Waals surface area contributed by atoms with Crippen LogP contribution in [0.25, 0.3) is 0 Å². The van der Waals surface area contributed by atoms with E-state index in [1.54, 1.807) is 4.90 Å². The van der Waals surface area contributed by atoms with E-state index in [0.717, 1.165) is 44.6 Å². The average Bonchev–Trinajstić information content (AvgIpc) is 2.99. The standard InChI is InChI=1S/C20H33N3O5/c1-6-26-16(24)19(5)7-9-22(10-8-19)12-15-11-20(28-21-15)13-23(14-20)17(25)27-18(2,3)4/h6-14H2,1-5H3. The summed E-state index contributed by atoms with van der Waals surface area (Å²) < 4.78 is 10.6. The number of carbonyl (C=O) groups excluding carboxylic acids is 2. The van der Waals surface area contributed by atoms with Gasteiger partial charge in [-0.1, -0.05) is 5.16 Å². The highest BCUT2D eigenvalue weighted by atomic mass is 16.7. The van der Waals surface area contributed by atoms with E-state index in [9.17, 15) is 9.59 Å². The molecule has 0 radical (unpaired) electrons. The Bertz CT molecular complexity index is 641. The Kier molecular flexibility index (Phi) is 5.62. The molecule has 3 aliphatic rings. The topological polar surface area (TPSA) is 80.7 Å². The van der Waals surface area contributed by atoms with Crippen molar-refractivity contribution >= 4 is 17.8 Å². The molecular weight excluding hydrogens is 362 g/mol. The van der Waals surface area contributed by atoms with Crippen LogP contribution in [0.1, 0.15) is 53.9 Å². The van der Waals surface area contributed by atoms with Crippen molar-refractivity contribution in [2.75, 3.05) is 39.3 Å². The fourth-order valence-electron chi connectivity index (χ4n) is 3.93. The lowest BCUT2D eigenvalue weighted by atomic mass is 9.80. The maximum Gasteiger partial charge on any atom is 0.410 e. The molecule has 1 spiro atoms. The zero-order chi connectivity index (χ0) is 20.6. The van der Waals surface area contributed by atoms with Crippen molar-refractivity contribution in [3.63, 3.8) is 0 Å². The van der Waals surface area contributed by atoms with E-state index in [-0.39, 0.29) is 23.1 Å². The first-order valence-corrected chi connectivity index (χ1v) is 10.2. The van der Waals surface area contributed by atoms with E-state index in [1.807, 2.05) is 34.6 Å². The number of amides is 1. The van der Waals surface area contributed by atoms with Crippen LogP contribution in [-0.4, -0.2) is 78.1 Å². The Balaban J connectivity index is 1.42. The number of hydrogen-bond acceptors (Lipinski definition) is 7. The quantitative estimate of drug-likeness (QED) is 0.680. The molecule has 0 bridgehead atoms. The molecule has 158 valence electrons. The van der Waals surface area contributed by atoms with Crippen LogP contribution < -0.4 is 0 Å². The Morgan fingerprint density at radius 3 is 2.43 bits per heavy atom. The molecule has 0 aromatic rings. The average molecular weight is 396 g/mol. The van der Waals surface area contributed by atoms with Gasteiger partial charge in [-0.2, -0.15) is 0 Å². The van der Waals surface area contributed by atoms with Crippen LogP contribution >= 0.6 is 0 Å². The van der Waals surface area contributed by atoms with Gasteiger partial charge in [-0.05, 0) is 60.5 Å². The first-order valence-electron chi connectivity index (χ1n) is 10.2. The van der Waals surface area contributed by atoms with Crippen LogP contribution in [0.2, 0.25) is 0 Å². The van der Waals surface area contributed by atoms with Crippen LogP contribution in [-0.2, 0) is 19.1 Å². The highest BCUT2D eigenvalue weighted by Gasteiger charge is 2.52. The number of nitrogens with zero attached hydrogens (tertiary/aromatic N) is 3. The summed E-state index contributed by atoms with van der Waals surface area (Å²) in [7, 11) is 0. The first-order chi connectivity index (χ1) is 13.0. The van der Waals surface area contributed by atoms with Crippen LogP contribution in [0.5, 0.6) is 0 Å². The SMILES string of the molecule is CCOC(=O)C1(C)CCN(CC2=NOC3(C2)CN(C(=O)OC(C)(C)C)C3)CC1. The van der Waals surface area contributed by atoms with Gasteiger partial charge in [0, 0.05) is 13.0 Å². The third kappa shape index (κ3) is 4.59. The number of oxime groups is 1. The molecule has 8 heteroatoms. The van der Waals surface area contributed by atoms with E-state index in [2.05, 4.69) is 10.1 Å². The second-order valence-corrected chi connectivity index (χ2v) is 9.50. The zero-order valence-electron chi connectivity index (χ0n) is 17.7. The largest absolute Gasteiger partial charge is 0.466 e. The highest BCUT2D eigenvalue weighted by molar-refractivity contribution is 5.88. The van der Waals surface area contributed by atoms with Crippen molar-refractivity contribution in [1.82, 2.24) is 9.80 Å². The number of hydrogen-bond donors (Lipinski definition) is 0. The molecule has 8 nitrogen and oxygen atoms in total. The van der Waals surface area contributed by atoms with E-state index in [1.165, 1.54) is 0 Å². The predicted molar refractivity (Wildman–Crippen MR) is 104 cm³/mol. The summed E-state index contributed by atoms with van der Waals surface area (Å²) in [5.74, 6) is -0.0909. The molecule has 0 aliphatic carbocycles. The van der Waals surface area contributed by atoms with E-state index >= 15 is 0 Å². The molecule has 0 unspecified atom stereocenters. The lowest BCUT2D eigenvalue weighted by Crippen LogP contribution is -2.64. The molecule has 3 aliphatic heterocycles. The lowest BCUT2D eigenvalue weighted by molar-refractivity contribution is -0.157. The minimum Gasteiger partial charge on any atom is -0.466 e. The summed E-state index contributed by atoms with van der Waals surface area (Å²) in [5, 5.41) is 4.28. The molecule has 0 aromatic heterocycles. The molecule has 0 N–H and O–H groups in total. The minimum absolute atomic E-state index is 0.0909. The summed E-state index contributed by atoms with van der Waals surface area (Å²) in [6.45, 7) is 13.3. The fraction of sp³-hybridized carbons (Fsp3) is 0.850. The molecule has 28 heavy (non-hydrogen) atoms. The molecule has 3 heterocycles. The van der Waals surface area contributed by atoms with Crippen molar-refractivity contribution in [3.8, 4) is 0 Å². The number of esters is 1. The third-order valence-electron chi connectivity index (χ3n) is 5.64. The highest BCUT2D eigenvalue weighted by Crippen LogP contribution is 2.36. The van der Waals surface area contributed by atoms with E-state index < -0.39 is 5.60 Å². The maximum absolute atomic E-state index is 12.1. The minimum atomic E-state index is -0.496. The van der Waals surface area contributed by atoms with Gasteiger partial charge in [0.15, 0.2) is 5.60 Å². The normalized spacial score (nSPS) is 23.6. The molecule has 2 fully saturated rings. The molecule has 0 saturated carbocycles. The van der Waals surface area contributed by atoms with Gasteiger partial charge in [0.25, 0.3) is 0 Å². The van der Waals surface area contributed by atoms with Gasteiger partial charge >= 0.3 is 12.1 Å². The summed E-state index contributed by atoms with van der Waals surface area (Å²) in [5.41, 5.74) is -0.265. The number of piperidine rings is 1. The second-order valence-electron chi connectivity index (χ2n) is 9.50. The fourth-order valence-corrected chi connectivity index (χ4v) is 3.93. The number of ether oxygens (including phenoxy) is 2. The smallest absolute Gasteiger partial charge is 0.410 e. The van der Waals surface area contributed by atoms with Crippen LogP contribution in [0.3, 0.4) is 0 Å². The van der Waals surface area contributed by atoms with E-state index in [4.69, 9.17) is 14.3 Å². The van der Waals surface area contributed by atoms with Crippen molar-refractivity contribution in [2.24, 2.45) is 10.6 Å². The molecule has 3 rings (SSSR count). The van der Waals surface area contributed by atoms with Crippen molar-refractivity contribution in [2.45, 2.75) is 65.1 Å². The monoisotopic (exact) mass is 395 g/mol. The maximum atomic E-state index is 12.1. The number of carbonyl (C=O) groups is 2. The van der Waals surface area contributed by atoms with Crippen LogP contribution in [0.15, 0.2) is 5.16 Å². The molecule has 0 aromatic carbocycles. The Labute approximate surface area is 167 Å². The molecule has 2 saturated heterocycles. The molecule has 0 atom stereocenters. The van der Waals surface area contributed by atoms with Crippen LogP contribution in [0, 0.1) is 5.41 Å². The Morgan fingerprint density at radius 1 is 1.21 bits per heavy atom. The molecule has 1 amide bonds. The zero-order valence-corrected chi connectivity index (χ0v) is 17.7. The number of likely N-dealkylation sites (tertiary alicyclic amines) is 2. The van der Waals surface area contributed by atoms with Gasteiger partial charge in [0.1, 0.15) is 5.60 Å². The Hall–Kier alpha value is -1.83. The van der Waals surface area contributed by atoms with Crippen molar-refractivity contribution in [1.29, 1.82) is 0 Å². The summed E-state index contributed by atoms with van der Waals surface area (Å²) >= 11 is 0. The van der Waals surface area contributed by atoms with Crippen molar-refractivity contribution < 1.29 is 23.9 Å². The van der Waals surface area contributed by atoms with E-state index in [0.29, 0.717) is 19.7 Å². The summed E-state index contributed by atoms with van der Waals surface area (Å²) in [4.78, 5) is 33.9. The number of rotatable bonds is 4. The summed E-state index contributed by atoms with van der Waals surface area (Å²) in [6.07, 6.45) is 2.01. The van der Waals surface area contributed by atoms with Crippen molar-refractivity contribution in [3.05, 3.63) is 0 Å². The van der Waals surface area contributed by atoms with Gasteiger partial charge in [0.05, 0.1) is 30.8 Å². The summed E-state index contributed by atoms with van der Waals surface area (Å²) in [6, 6.07) is 0. The van der Waals surface area contributed by atoms with Gasteiger partial charge < -0.3 is 14.3 Å². The predicted octanol–water partition coefficient (Wildman–Crippen LogP) is 2.42. The van der Waals surface area contributed by atoms with Gasteiger partial charge in [0.2, 0.25) is 0 Å². The van der Waals surface area contributed by atoms with Gasteiger partial charge in [-0.3, -0.25) is 14.6 Å². The Morgan fingerprint density at radius 2 is 1.86 bits per heavy atom. The lowest BCUT2D eigenvalue weighted by Gasteiger charge is -2.45. The first kappa shape index (κ1) is 20.9. The molecular formula is C20H33N3O5. The third-order valence-corrected chi connectivity index (χ3v) is 5.64. The second kappa shape index (κ2) is 7.54. The van der Waals surface area contributed by atoms with Crippen LogP contribution in [0.4, 0.5) is 4.79 Å². The van der Waals surface area contributed by atoms with Gasteiger partial charge in [-0.15, -0.1) is 0 Å². The van der Waals surface area contributed by atoms with Gasteiger partial charge in [-0.25, -0.2) is 4.79 Å².